The molecular formula is C20H27N3O. The number of rotatable bonds is 5. The van der Waals surface area contributed by atoms with E-state index in [1.165, 1.54) is 5.56 Å². The van der Waals surface area contributed by atoms with Crippen LogP contribution in [0.15, 0.2) is 49.1 Å². The van der Waals surface area contributed by atoms with Crippen molar-refractivity contribution in [2.75, 3.05) is 6.54 Å². The van der Waals surface area contributed by atoms with Gasteiger partial charge in [-0.2, -0.15) is 0 Å². The topological polar surface area (TPSA) is 38.1 Å². The lowest BCUT2D eigenvalue weighted by Crippen LogP contribution is -2.58. The third-order valence-corrected chi connectivity index (χ3v) is 5.29. The van der Waals surface area contributed by atoms with Crippen molar-refractivity contribution in [3.8, 4) is 0 Å². The summed E-state index contributed by atoms with van der Waals surface area (Å²) in [7, 11) is 0. The van der Waals surface area contributed by atoms with Crippen LogP contribution in [0.3, 0.4) is 0 Å². The first-order valence-electron chi connectivity index (χ1n) is 8.97. The van der Waals surface area contributed by atoms with Gasteiger partial charge in [-0.1, -0.05) is 44.2 Å². The second-order valence-electron chi connectivity index (χ2n) is 6.99. The van der Waals surface area contributed by atoms with Crippen LogP contribution in [0.2, 0.25) is 0 Å². The molecule has 0 bridgehead atoms. The van der Waals surface area contributed by atoms with E-state index >= 15 is 0 Å². The Morgan fingerprint density at radius 1 is 1.25 bits per heavy atom. The zero-order chi connectivity index (χ0) is 17.0. The molecule has 2 heterocycles. The molecular weight excluding hydrogens is 298 g/mol. The third kappa shape index (κ3) is 3.10. The Kier molecular flexibility index (Phi) is 5.03. The van der Waals surface area contributed by atoms with Crippen LogP contribution >= 0.6 is 0 Å². The van der Waals surface area contributed by atoms with Crippen molar-refractivity contribution in [2.24, 2.45) is 5.92 Å². The highest BCUT2D eigenvalue weighted by Crippen LogP contribution is 2.39. The van der Waals surface area contributed by atoms with Crippen LogP contribution < -0.4 is 0 Å². The molecule has 0 N–H and O–H groups in total. The summed E-state index contributed by atoms with van der Waals surface area (Å²) in [5.74, 6) is 0.591. The number of hydrogen-bond acceptors (Lipinski definition) is 2. The molecule has 0 aliphatic carbocycles. The number of amides is 1. The molecule has 128 valence electrons. The van der Waals surface area contributed by atoms with E-state index in [1.54, 1.807) is 0 Å². The van der Waals surface area contributed by atoms with E-state index in [0.29, 0.717) is 12.3 Å². The normalized spacial score (nSPS) is 21.2. The van der Waals surface area contributed by atoms with Crippen molar-refractivity contribution in [3.05, 3.63) is 54.6 Å². The van der Waals surface area contributed by atoms with Crippen molar-refractivity contribution in [1.82, 2.24) is 14.5 Å². The molecule has 0 saturated carbocycles. The number of carbonyl (C=O) groups excluding carboxylic acids is 1. The maximum absolute atomic E-state index is 13.1. The van der Waals surface area contributed by atoms with E-state index in [0.717, 1.165) is 32.2 Å². The number of likely N-dealkylation sites (tertiary alicyclic amines) is 1. The fourth-order valence-corrected chi connectivity index (χ4v) is 4.01. The molecule has 1 aromatic carbocycles. The average Bonchev–Trinajstić information content (AvgIpc) is 3.15. The number of imidazole rings is 1. The van der Waals surface area contributed by atoms with Crippen LogP contribution in [-0.2, 0) is 16.9 Å². The van der Waals surface area contributed by atoms with Gasteiger partial charge in [-0.25, -0.2) is 4.98 Å². The Bertz CT molecular complexity index is 651. The summed E-state index contributed by atoms with van der Waals surface area (Å²) in [5, 5.41) is 0. The van der Waals surface area contributed by atoms with E-state index in [-0.39, 0.29) is 11.6 Å². The van der Waals surface area contributed by atoms with Crippen LogP contribution in [-0.4, -0.2) is 26.9 Å². The summed E-state index contributed by atoms with van der Waals surface area (Å²) in [6, 6.07) is 10.3. The van der Waals surface area contributed by atoms with Gasteiger partial charge in [-0.3, -0.25) is 4.79 Å². The summed E-state index contributed by atoms with van der Waals surface area (Å²) in [6.07, 6.45) is 10.3. The standard InChI is InChI=1S/C20H27N3O/c1-17(2)20(22-15-13-21-16-22)12-6-7-14-23(20)19(24)11-10-18-8-4-3-5-9-18/h3-5,8-9,13,15-17H,6-7,10-12,14H2,1-2H3. The minimum atomic E-state index is -0.275. The van der Waals surface area contributed by atoms with E-state index in [4.69, 9.17) is 0 Å². The quantitative estimate of drug-likeness (QED) is 0.838. The second kappa shape index (κ2) is 7.20. The Morgan fingerprint density at radius 3 is 2.71 bits per heavy atom. The van der Waals surface area contributed by atoms with E-state index in [2.05, 4.69) is 40.4 Å². The molecule has 2 aromatic rings. The lowest BCUT2D eigenvalue weighted by atomic mass is 9.84. The number of nitrogens with zero attached hydrogens (tertiary/aromatic N) is 3. The summed E-state index contributed by atoms with van der Waals surface area (Å²) in [5.41, 5.74) is 0.948. The fraction of sp³-hybridized carbons (Fsp3) is 0.500. The fourth-order valence-electron chi connectivity index (χ4n) is 4.01. The molecule has 1 aliphatic heterocycles. The lowest BCUT2D eigenvalue weighted by molar-refractivity contribution is -0.151. The minimum Gasteiger partial charge on any atom is -0.319 e. The summed E-state index contributed by atoms with van der Waals surface area (Å²) >= 11 is 0. The van der Waals surface area contributed by atoms with Crippen LogP contribution in [0.1, 0.15) is 45.1 Å². The largest absolute Gasteiger partial charge is 0.319 e. The van der Waals surface area contributed by atoms with Gasteiger partial charge in [0.25, 0.3) is 0 Å². The number of hydrogen-bond donors (Lipinski definition) is 0. The van der Waals surface area contributed by atoms with Gasteiger partial charge >= 0.3 is 0 Å². The van der Waals surface area contributed by atoms with Crippen molar-refractivity contribution < 1.29 is 4.79 Å². The highest BCUT2D eigenvalue weighted by atomic mass is 16.2. The number of aryl methyl sites for hydroxylation is 1. The number of carbonyl (C=O) groups is 1. The molecule has 1 amide bonds. The molecule has 4 nitrogen and oxygen atoms in total. The van der Waals surface area contributed by atoms with E-state index < -0.39 is 0 Å². The summed E-state index contributed by atoms with van der Waals surface area (Å²) in [4.78, 5) is 19.4. The third-order valence-electron chi connectivity index (χ3n) is 5.29. The van der Waals surface area contributed by atoms with E-state index in [1.807, 2.05) is 36.9 Å². The first kappa shape index (κ1) is 16.7. The second-order valence-corrected chi connectivity index (χ2v) is 6.99. The first-order chi connectivity index (χ1) is 11.6. The molecule has 3 rings (SSSR count). The van der Waals surface area contributed by atoms with Crippen LogP contribution in [0.4, 0.5) is 0 Å². The van der Waals surface area contributed by atoms with Crippen LogP contribution in [0.25, 0.3) is 0 Å². The predicted molar refractivity (Wildman–Crippen MR) is 95.4 cm³/mol. The zero-order valence-corrected chi connectivity index (χ0v) is 14.7. The SMILES string of the molecule is CC(C)C1(n2ccnc2)CCCCN1C(=O)CCc1ccccc1. The molecule has 0 spiro atoms. The lowest BCUT2D eigenvalue weighted by Gasteiger charge is -2.50. The molecule has 0 radical (unpaired) electrons. The number of aromatic nitrogens is 2. The predicted octanol–water partition coefficient (Wildman–Crippen LogP) is 3.84. The molecule has 1 atom stereocenters. The maximum Gasteiger partial charge on any atom is 0.224 e. The Balaban J connectivity index is 1.81. The van der Waals surface area contributed by atoms with Gasteiger partial charge in [0.1, 0.15) is 5.66 Å². The Hall–Kier alpha value is -2.10. The molecule has 1 aliphatic rings. The van der Waals surface area contributed by atoms with Gasteiger partial charge < -0.3 is 9.47 Å². The van der Waals surface area contributed by atoms with Crippen LogP contribution in [0.5, 0.6) is 0 Å². The zero-order valence-electron chi connectivity index (χ0n) is 14.7. The monoisotopic (exact) mass is 325 g/mol. The van der Waals surface area contributed by atoms with Gasteiger partial charge in [0.05, 0.1) is 6.33 Å². The van der Waals surface area contributed by atoms with Crippen molar-refractivity contribution in [3.63, 3.8) is 0 Å². The van der Waals surface area contributed by atoms with Gasteiger partial charge in [0.15, 0.2) is 0 Å². The maximum atomic E-state index is 13.1. The smallest absolute Gasteiger partial charge is 0.224 e. The molecule has 1 fully saturated rings. The molecule has 4 heteroatoms. The molecule has 1 aromatic heterocycles. The van der Waals surface area contributed by atoms with Crippen molar-refractivity contribution in [1.29, 1.82) is 0 Å². The Labute approximate surface area is 144 Å². The van der Waals surface area contributed by atoms with E-state index in [9.17, 15) is 4.79 Å². The molecule has 24 heavy (non-hydrogen) atoms. The molecule has 1 unspecified atom stereocenters. The Morgan fingerprint density at radius 2 is 2.04 bits per heavy atom. The van der Waals surface area contributed by atoms with Gasteiger partial charge in [0.2, 0.25) is 5.91 Å². The average molecular weight is 325 g/mol. The van der Waals surface area contributed by atoms with Crippen LogP contribution in [0, 0.1) is 5.92 Å². The minimum absolute atomic E-state index is 0.251. The van der Waals surface area contributed by atoms with Gasteiger partial charge in [-0.05, 0) is 37.2 Å². The number of piperidine rings is 1. The summed E-state index contributed by atoms with van der Waals surface area (Å²) in [6.45, 7) is 5.26. The highest BCUT2D eigenvalue weighted by molar-refractivity contribution is 5.77. The molecule has 1 saturated heterocycles. The first-order valence-corrected chi connectivity index (χ1v) is 8.97. The summed E-state index contributed by atoms with van der Waals surface area (Å²) < 4.78 is 2.15. The van der Waals surface area contributed by atoms with Gasteiger partial charge in [-0.15, -0.1) is 0 Å². The van der Waals surface area contributed by atoms with Gasteiger partial charge in [0, 0.05) is 25.4 Å². The highest BCUT2D eigenvalue weighted by Gasteiger charge is 2.45. The number of benzene rings is 1. The van der Waals surface area contributed by atoms with Crippen molar-refractivity contribution >= 4 is 5.91 Å². The van der Waals surface area contributed by atoms with Crippen molar-refractivity contribution in [2.45, 2.75) is 51.6 Å².